The Morgan fingerprint density at radius 3 is 2.55 bits per heavy atom. The topological polar surface area (TPSA) is 41.6 Å². The van der Waals surface area contributed by atoms with Crippen LogP contribution >= 0.6 is 0 Å². The molecular weight excluding hydrogens is 252 g/mol. The van der Waals surface area contributed by atoms with Crippen molar-refractivity contribution in [2.45, 2.75) is 25.8 Å². The van der Waals surface area contributed by atoms with E-state index >= 15 is 0 Å². The van der Waals surface area contributed by atoms with Crippen molar-refractivity contribution < 1.29 is 9.53 Å². The van der Waals surface area contributed by atoms with Crippen LogP contribution in [-0.2, 0) is 4.74 Å². The van der Waals surface area contributed by atoms with Gasteiger partial charge >= 0.3 is 6.03 Å². The van der Waals surface area contributed by atoms with E-state index in [1.54, 1.807) is 0 Å². The number of nitrogens with one attached hydrogen (secondary N) is 1. The Kier molecular flexibility index (Phi) is 3.42. The Hall–Kier alpha value is -1.55. The Morgan fingerprint density at radius 2 is 1.90 bits per heavy atom. The van der Waals surface area contributed by atoms with Gasteiger partial charge in [-0.2, -0.15) is 0 Å². The Balaban J connectivity index is 1.64. The molecule has 2 fully saturated rings. The molecule has 1 saturated heterocycles. The number of nitrogens with zero attached hydrogens (tertiary/aromatic N) is 1. The van der Waals surface area contributed by atoms with Gasteiger partial charge < -0.3 is 15.0 Å². The van der Waals surface area contributed by atoms with E-state index in [-0.39, 0.29) is 17.5 Å². The van der Waals surface area contributed by atoms with Gasteiger partial charge in [-0.05, 0) is 11.0 Å². The van der Waals surface area contributed by atoms with Crippen LogP contribution < -0.4 is 5.32 Å². The molecule has 1 aromatic rings. The highest BCUT2D eigenvalue weighted by molar-refractivity contribution is 5.75. The molecule has 0 bridgehead atoms. The predicted octanol–water partition coefficient (Wildman–Crippen LogP) is 2.22. The van der Waals surface area contributed by atoms with Crippen LogP contribution in [0.25, 0.3) is 0 Å². The molecule has 1 aromatic carbocycles. The first-order valence-corrected chi connectivity index (χ1v) is 7.29. The van der Waals surface area contributed by atoms with Gasteiger partial charge in [-0.25, -0.2) is 4.79 Å². The fraction of sp³-hybridized carbons (Fsp3) is 0.562. The van der Waals surface area contributed by atoms with Crippen molar-refractivity contribution in [2.75, 3.05) is 26.3 Å². The molecular formula is C16H22N2O2. The minimum Gasteiger partial charge on any atom is -0.378 e. The second-order valence-electron chi connectivity index (χ2n) is 6.24. The molecule has 2 amide bonds. The Morgan fingerprint density at radius 1 is 1.25 bits per heavy atom. The van der Waals surface area contributed by atoms with Crippen LogP contribution in [0.5, 0.6) is 0 Å². The van der Waals surface area contributed by atoms with E-state index in [2.05, 4.69) is 43.4 Å². The maximum atomic E-state index is 12.3. The molecule has 1 saturated carbocycles. The second kappa shape index (κ2) is 5.09. The summed E-state index contributed by atoms with van der Waals surface area (Å²) in [6.45, 7) is 7.10. The van der Waals surface area contributed by atoms with Gasteiger partial charge in [0.2, 0.25) is 0 Å². The molecule has 1 heterocycles. The molecule has 2 aliphatic rings. The van der Waals surface area contributed by atoms with E-state index in [0.717, 1.165) is 0 Å². The third kappa shape index (κ3) is 2.40. The maximum absolute atomic E-state index is 12.3. The van der Waals surface area contributed by atoms with Crippen molar-refractivity contribution in [1.82, 2.24) is 10.2 Å². The average molecular weight is 274 g/mol. The fourth-order valence-electron chi connectivity index (χ4n) is 3.18. The molecule has 1 aliphatic heterocycles. The number of hydrogen-bond acceptors (Lipinski definition) is 2. The van der Waals surface area contributed by atoms with E-state index in [4.69, 9.17) is 4.74 Å². The highest BCUT2D eigenvalue weighted by Gasteiger charge is 2.59. The van der Waals surface area contributed by atoms with Crippen molar-refractivity contribution in [3.8, 4) is 0 Å². The summed E-state index contributed by atoms with van der Waals surface area (Å²) in [5.74, 6) is 0.411. The molecule has 1 N–H and O–H groups in total. The summed E-state index contributed by atoms with van der Waals surface area (Å²) in [5.41, 5.74) is 1.44. The Bertz CT molecular complexity index is 481. The number of ether oxygens (including phenoxy) is 1. The van der Waals surface area contributed by atoms with Gasteiger partial charge in [0.25, 0.3) is 0 Å². The second-order valence-corrected chi connectivity index (χ2v) is 6.24. The lowest BCUT2D eigenvalue weighted by atomic mass is 10.0. The summed E-state index contributed by atoms with van der Waals surface area (Å²) in [6.07, 6.45) is 0. The maximum Gasteiger partial charge on any atom is 0.317 e. The number of benzene rings is 1. The smallest absolute Gasteiger partial charge is 0.317 e. The molecule has 20 heavy (non-hydrogen) atoms. The zero-order valence-corrected chi connectivity index (χ0v) is 12.1. The monoisotopic (exact) mass is 274 g/mol. The van der Waals surface area contributed by atoms with E-state index < -0.39 is 0 Å². The van der Waals surface area contributed by atoms with Gasteiger partial charge in [0, 0.05) is 25.0 Å². The van der Waals surface area contributed by atoms with Crippen LogP contribution in [0, 0.1) is 5.41 Å². The number of carbonyl (C=O) groups is 1. The van der Waals surface area contributed by atoms with Crippen LogP contribution in [0.1, 0.15) is 25.3 Å². The van der Waals surface area contributed by atoms with Crippen LogP contribution in [0.3, 0.4) is 0 Å². The SMILES string of the molecule is CC1(C)[C@@H](NC(=O)N2CCOCC2)[C@@H]1c1ccccc1. The molecule has 0 radical (unpaired) electrons. The van der Waals surface area contributed by atoms with Gasteiger partial charge in [-0.3, -0.25) is 0 Å². The fourth-order valence-corrected chi connectivity index (χ4v) is 3.18. The number of rotatable bonds is 2. The zero-order valence-electron chi connectivity index (χ0n) is 12.1. The molecule has 108 valence electrons. The minimum absolute atomic E-state index is 0.0461. The largest absolute Gasteiger partial charge is 0.378 e. The van der Waals surface area contributed by atoms with Gasteiger partial charge in [0.15, 0.2) is 0 Å². The van der Waals surface area contributed by atoms with E-state index in [1.165, 1.54) is 5.56 Å². The molecule has 3 rings (SSSR count). The third-order valence-electron chi connectivity index (χ3n) is 4.56. The first-order valence-electron chi connectivity index (χ1n) is 7.29. The molecule has 1 aliphatic carbocycles. The quantitative estimate of drug-likeness (QED) is 0.898. The minimum atomic E-state index is 0.0461. The first-order chi connectivity index (χ1) is 9.60. The first kappa shape index (κ1) is 13.4. The number of hydrogen-bond donors (Lipinski definition) is 1. The van der Waals surface area contributed by atoms with Crippen molar-refractivity contribution in [1.29, 1.82) is 0 Å². The summed E-state index contributed by atoms with van der Waals surface area (Å²) in [5, 5.41) is 3.19. The summed E-state index contributed by atoms with van der Waals surface area (Å²) >= 11 is 0. The zero-order chi connectivity index (χ0) is 14.2. The van der Waals surface area contributed by atoms with Crippen LogP contribution in [0.4, 0.5) is 4.79 Å². The highest BCUT2D eigenvalue weighted by atomic mass is 16.5. The number of urea groups is 1. The van der Waals surface area contributed by atoms with Gasteiger partial charge in [0.1, 0.15) is 0 Å². The Labute approximate surface area is 120 Å². The van der Waals surface area contributed by atoms with Gasteiger partial charge in [-0.1, -0.05) is 44.2 Å². The third-order valence-corrected chi connectivity index (χ3v) is 4.56. The van der Waals surface area contributed by atoms with Gasteiger partial charge in [0.05, 0.1) is 13.2 Å². The van der Waals surface area contributed by atoms with Crippen LogP contribution in [0.2, 0.25) is 0 Å². The molecule has 0 spiro atoms. The summed E-state index contributed by atoms with van der Waals surface area (Å²) in [7, 11) is 0. The van der Waals surface area contributed by atoms with Crippen LogP contribution in [0.15, 0.2) is 30.3 Å². The molecule has 0 unspecified atom stereocenters. The van der Waals surface area contributed by atoms with E-state index in [0.29, 0.717) is 32.2 Å². The number of amides is 2. The van der Waals surface area contributed by atoms with Crippen molar-refractivity contribution in [2.24, 2.45) is 5.41 Å². The van der Waals surface area contributed by atoms with Gasteiger partial charge in [-0.15, -0.1) is 0 Å². The summed E-state index contributed by atoms with van der Waals surface area (Å²) in [4.78, 5) is 14.1. The summed E-state index contributed by atoms with van der Waals surface area (Å²) < 4.78 is 5.28. The average Bonchev–Trinajstić information content (AvgIpc) is 3.01. The lowest BCUT2D eigenvalue weighted by Gasteiger charge is -2.27. The van der Waals surface area contributed by atoms with Crippen molar-refractivity contribution >= 4 is 6.03 Å². The molecule has 4 heteroatoms. The molecule has 2 atom stereocenters. The summed E-state index contributed by atoms with van der Waals surface area (Å²) in [6, 6.07) is 10.7. The van der Waals surface area contributed by atoms with E-state index in [1.807, 2.05) is 11.0 Å². The van der Waals surface area contributed by atoms with E-state index in [9.17, 15) is 4.79 Å². The highest BCUT2D eigenvalue weighted by Crippen LogP contribution is 2.58. The molecule has 4 nitrogen and oxygen atoms in total. The normalized spacial score (nSPS) is 28.0. The predicted molar refractivity (Wildman–Crippen MR) is 77.7 cm³/mol. The number of morpholine rings is 1. The standard InChI is InChI=1S/C16H22N2O2/c1-16(2)13(12-6-4-3-5-7-12)14(16)17-15(19)18-8-10-20-11-9-18/h3-7,13-14H,8-11H2,1-2H3,(H,17,19)/t13-,14-/m0/s1. The lowest BCUT2D eigenvalue weighted by Crippen LogP contribution is -2.47. The van der Waals surface area contributed by atoms with Crippen molar-refractivity contribution in [3.63, 3.8) is 0 Å². The van der Waals surface area contributed by atoms with Crippen molar-refractivity contribution in [3.05, 3.63) is 35.9 Å². The number of carbonyl (C=O) groups excluding carboxylic acids is 1. The molecule has 0 aromatic heterocycles. The van der Waals surface area contributed by atoms with Crippen LogP contribution in [-0.4, -0.2) is 43.3 Å². The lowest BCUT2D eigenvalue weighted by molar-refractivity contribution is 0.0529.